The highest BCUT2D eigenvalue weighted by Crippen LogP contribution is 2.33. The molecule has 0 radical (unpaired) electrons. The third-order valence-corrected chi connectivity index (χ3v) is 7.32. The summed E-state index contributed by atoms with van der Waals surface area (Å²) in [5.41, 5.74) is 5.43. The van der Waals surface area contributed by atoms with Crippen LogP contribution in [0.25, 0.3) is 11.0 Å². The molecule has 0 aliphatic carbocycles. The summed E-state index contributed by atoms with van der Waals surface area (Å²) in [5, 5.41) is 0. The topological polar surface area (TPSA) is 86.4 Å². The molecule has 3 heterocycles. The van der Waals surface area contributed by atoms with E-state index in [1.165, 1.54) is 4.90 Å². The molecular weight excluding hydrogens is 452 g/mol. The second-order valence-corrected chi connectivity index (χ2v) is 9.70. The van der Waals surface area contributed by atoms with Crippen LogP contribution in [0.1, 0.15) is 66.8 Å². The van der Waals surface area contributed by atoms with Gasteiger partial charge in [0.05, 0.1) is 27.8 Å². The summed E-state index contributed by atoms with van der Waals surface area (Å²) < 4.78 is 0. The van der Waals surface area contributed by atoms with Crippen molar-refractivity contribution >= 4 is 34.4 Å². The van der Waals surface area contributed by atoms with Crippen molar-refractivity contribution in [3.63, 3.8) is 0 Å². The first-order valence-corrected chi connectivity index (χ1v) is 12.2. The van der Waals surface area contributed by atoms with Gasteiger partial charge >= 0.3 is 0 Å². The highest BCUT2D eigenvalue weighted by Gasteiger charge is 2.38. The van der Waals surface area contributed by atoms with Gasteiger partial charge in [-0.15, -0.1) is 0 Å². The van der Waals surface area contributed by atoms with Gasteiger partial charge in [-0.25, -0.2) is 9.88 Å². The van der Waals surface area contributed by atoms with E-state index in [-0.39, 0.29) is 29.2 Å². The number of carbonyl (C=O) groups excluding carboxylic acids is 3. The number of piperidine rings is 1. The van der Waals surface area contributed by atoms with Gasteiger partial charge < -0.3 is 9.88 Å². The predicted octanol–water partition coefficient (Wildman–Crippen LogP) is 5.00. The number of para-hydroxylation sites is 2. The lowest BCUT2D eigenvalue weighted by Gasteiger charge is -2.31. The fraction of sp³-hybridized carbons (Fsp3) is 0.241. The Morgan fingerprint density at radius 2 is 1.67 bits per heavy atom. The molecule has 1 saturated heterocycles. The van der Waals surface area contributed by atoms with Crippen LogP contribution in [0.3, 0.4) is 0 Å². The molecule has 0 atom stereocenters. The SMILES string of the molecule is Cc1ccc(C)c(N2C(=O)c3ccc(C(=O)N4CCC(c5nc6ccccc6[nH]5)CC4)cc3C2=O)c1. The summed E-state index contributed by atoms with van der Waals surface area (Å²) in [5.74, 6) is 0.380. The molecule has 180 valence electrons. The predicted molar refractivity (Wildman–Crippen MR) is 137 cm³/mol. The van der Waals surface area contributed by atoms with E-state index < -0.39 is 0 Å². The Morgan fingerprint density at radius 3 is 2.44 bits per heavy atom. The van der Waals surface area contributed by atoms with E-state index in [0.29, 0.717) is 29.9 Å². The largest absolute Gasteiger partial charge is 0.342 e. The number of nitrogens with zero attached hydrogens (tertiary/aromatic N) is 3. The highest BCUT2D eigenvalue weighted by atomic mass is 16.2. The zero-order valence-electron chi connectivity index (χ0n) is 20.2. The molecule has 3 aromatic carbocycles. The van der Waals surface area contributed by atoms with Crippen molar-refractivity contribution in [1.82, 2.24) is 14.9 Å². The van der Waals surface area contributed by atoms with Gasteiger partial charge in [0.15, 0.2) is 0 Å². The molecule has 0 unspecified atom stereocenters. The number of rotatable bonds is 3. The number of nitrogens with one attached hydrogen (secondary N) is 1. The molecule has 1 aromatic heterocycles. The maximum atomic E-state index is 13.3. The number of imide groups is 1. The van der Waals surface area contributed by atoms with Crippen molar-refractivity contribution in [2.45, 2.75) is 32.6 Å². The molecule has 36 heavy (non-hydrogen) atoms. The average Bonchev–Trinajstić information content (AvgIpc) is 3.44. The van der Waals surface area contributed by atoms with Gasteiger partial charge in [0.25, 0.3) is 17.7 Å². The quantitative estimate of drug-likeness (QED) is 0.420. The van der Waals surface area contributed by atoms with Crippen LogP contribution in [0.5, 0.6) is 0 Å². The normalized spacial score (nSPS) is 16.2. The Kier molecular flexibility index (Phi) is 5.21. The number of hydrogen-bond acceptors (Lipinski definition) is 4. The number of imidazole rings is 1. The number of fused-ring (bicyclic) bond motifs is 2. The molecule has 0 bridgehead atoms. The first kappa shape index (κ1) is 22.2. The minimum absolute atomic E-state index is 0.119. The smallest absolute Gasteiger partial charge is 0.266 e. The molecule has 7 nitrogen and oxygen atoms in total. The van der Waals surface area contributed by atoms with Crippen LogP contribution in [-0.4, -0.2) is 45.7 Å². The number of H-pyrrole nitrogens is 1. The molecule has 1 N–H and O–H groups in total. The maximum absolute atomic E-state index is 13.3. The zero-order chi connectivity index (χ0) is 25.0. The fourth-order valence-corrected chi connectivity index (χ4v) is 5.26. The number of aromatic amines is 1. The molecule has 3 amide bonds. The second-order valence-electron chi connectivity index (χ2n) is 9.70. The van der Waals surface area contributed by atoms with Gasteiger partial charge in [0.1, 0.15) is 5.82 Å². The Morgan fingerprint density at radius 1 is 0.917 bits per heavy atom. The van der Waals surface area contributed by atoms with E-state index in [1.54, 1.807) is 18.2 Å². The maximum Gasteiger partial charge on any atom is 0.266 e. The third kappa shape index (κ3) is 3.59. The number of anilines is 1. The van der Waals surface area contributed by atoms with Crippen molar-refractivity contribution in [3.8, 4) is 0 Å². The van der Waals surface area contributed by atoms with Crippen LogP contribution in [0.4, 0.5) is 5.69 Å². The fourth-order valence-electron chi connectivity index (χ4n) is 5.26. The standard InChI is InChI=1S/C29H26N4O3/c1-17-7-8-18(2)25(15-17)33-28(35)21-10-9-20(16-22(21)29(33)36)27(34)32-13-11-19(12-14-32)26-30-23-5-3-4-6-24(23)31-26/h3-10,15-16,19H,11-14H2,1-2H3,(H,30,31). The number of carbonyl (C=O) groups is 3. The average molecular weight is 479 g/mol. The molecular formula is C29H26N4O3. The number of amides is 3. The van der Waals surface area contributed by atoms with Gasteiger partial charge in [-0.1, -0.05) is 24.3 Å². The van der Waals surface area contributed by atoms with Crippen LogP contribution in [0.15, 0.2) is 60.7 Å². The molecule has 0 spiro atoms. The van der Waals surface area contributed by atoms with Crippen LogP contribution in [0.2, 0.25) is 0 Å². The summed E-state index contributed by atoms with van der Waals surface area (Å²) in [4.78, 5) is 50.9. The monoisotopic (exact) mass is 478 g/mol. The zero-order valence-corrected chi connectivity index (χ0v) is 20.2. The summed E-state index contributed by atoms with van der Waals surface area (Å²) in [7, 11) is 0. The van der Waals surface area contributed by atoms with E-state index >= 15 is 0 Å². The first-order valence-electron chi connectivity index (χ1n) is 12.2. The lowest BCUT2D eigenvalue weighted by Crippen LogP contribution is -2.38. The highest BCUT2D eigenvalue weighted by molar-refractivity contribution is 6.35. The Labute approximate surface area is 208 Å². The number of aryl methyl sites for hydroxylation is 2. The number of benzene rings is 3. The van der Waals surface area contributed by atoms with Gasteiger partial charge in [0, 0.05) is 24.6 Å². The molecule has 2 aliphatic rings. The summed E-state index contributed by atoms with van der Waals surface area (Å²) in [6, 6.07) is 18.5. The van der Waals surface area contributed by atoms with E-state index in [4.69, 9.17) is 4.98 Å². The van der Waals surface area contributed by atoms with Crippen LogP contribution >= 0.6 is 0 Å². The van der Waals surface area contributed by atoms with Crippen LogP contribution < -0.4 is 4.90 Å². The summed E-state index contributed by atoms with van der Waals surface area (Å²) in [6.07, 6.45) is 1.63. The lowest BCUT2D eigenvalue weighted by molar-refractivity contribution is 0.0711. The molecule has 2 aliphatic heterocycles. The number of hydrogen-bond donors (Lipinski definition) is 1. The van der Waals surface area contributed by atoms with E-state index in [0.717, 1.165) is 40.8 Å². The number of likely N-dealkylation sites (tertiary alicyclic amines) is 1. The molecule has 0 saturated carbocycles. The van der Waals surface area contributed by atoms with Crippen molar-refractivity contribution in [1.29, 1.82) is 0 Å². The minimum Gasteiger partial charge on any atom is -0.342 e. The molecule has 6 rings (SSSR count). The van der Waals surface area contributed by atoms with E-state index in [9.17, 15) is 14.4 Å². The Balaban J connectivity index is 1.19. The van der Waals surface area contributed by atoms with Crippen molar-refractivity contribution in [3.05, 3.63) is 94.3 Å². The molecule has 7 heteroatoms. The lowest BCUT2D eigenvalue weighted by atomic mass is 9.95. The van der Waals surface area contributed by atoms with Crippen molar-refractivity contribution in [2.75, 3.05) is 18.0 Å². The Bertz CT molecular complexity index is 1510. The molecule has 1 fully saturated rings. The minimum atomic E-state index is -0.387. The molecule has 4 aromatic rings. The van der Waals surface area contributed by atoms with Crippen molar-refractivity contribution in [2.24, 2.45) is 0 Å². The first-order chi connectivity index (χ1) is 17.4. The van der Waals surface area contributed by atoms with Gasteiger partial charge in [-0.05, 0) is 74.2 Å². The Hall–Kier alpha value is -4.26. The van der Waals surface area contributed by atoms with Crippen LogP contribution in [-0.2, 0) is 0 Å². The van der Waals surface area contributed by atoms with E-state index in [1.807, 2.05) is 61.2 Å². The van der Waals surface area contributed by atoms with Crippen LogP contribution in [0, 0.1) is 13.8 Å². The van der Waals surface area contributed by atoms with E-state index in [2.05, 4.69) is 4.98 Å². The third-order valence-electron chi connectivity index (χ3n) is 7.32. The van der Waals surface area contributed by atoms with Gasteiger partial charge in [-0.3, -0.25) is 14.4 Å². The second kappa shape index (κ2) is 8.45. The van der Waals surface area contributed by atoms with Crippen molar-refractivity contribution < 1.29 is 14.4 Å². The van der Waals surface area contributed by atoms with Gasteiger partial charge in [0.2, 0.25) is 0 Å². The summed E-state index contributed by atoms with van der Waals surface area (Å²) >= 11 is 0. The number of aromatic nitrogens is 2. The van der Waals surface area contributed by atoms with Gasteiger partial charge in [-0.2, -0.15) is 0 Å². The summed E-state index contributed by atoms with van der Waals surface area (Å²) in [6.45, 7) is 5.02.